The number of aliphatic hydroxyl groups is 7. The molecule has 52 heavy (non-hydrogen) atoms. The molecule has 290 valence electrons. The van der Waals surface area contributed by atoms with Gasteiger partial charge in [-0.15, -0.1) is 0 Å². The number of hydrogen-bond donors (Lipinski definition) is 7. The molecule has 3 fully saturated rings. The zero-order valence-electron chi connectivity index (χ0n) is 31.2. The van der Waals surface area contributed by atoms with Crippen LogP contribution < -0.4 is 0 Å². The SMILES string of the molecule is CC(=O)OC(C)(C)/C=C/C(=O)[C@](C)(O)[C@H]1[C@H](O)C[C@@]2(C)[C@@H]3[C@@H](O)C=C4[C@@H](C=C(O[C@@H]5O[C@H](CO)[C@@H](O)[C@H](O)[C@H]5O)C(=O)C4(C)C)[C@]3(C)C(=O)C[C@]12C. The maximum atomic E-state index is 14.8. The summed E-state index contributed by atoms with van der Waals surface area (Å²) in [7, 11) is 0. The average molecular weight is 735 g/mol. The Morgan fingerprint density at radius 1 is 0.962 bits per heavy atom. The zero-order valence-corrected chi connectivity index (χ0v) is 31.2. The highest BCUT2D eigenvalue weighted by Crippen LogP contribution is 2.73. The molecule has 1 aliphatic heterocycles. The van der Waals surface area contributed by atoms with Crippen LogP contribution in [0.4, 0.5) is 0 Å². The third-order valence-electron chi connectivity index (χ3n) is 13.2. The van der Waals surface area contributed by atoms with Crippen molar-refractivity contribution in [2.45, 2.75) is 129 Å². The van der Waals surface area contributed by atoms with Crippen molar-refractivity contribution >= 4 is 23.3 Å². The molecule has 0 aromatic carbocycles. The number of aliphatic hydroxyl groups excluding tert-OH is 6. The largest absolute Gasteiger partial charge is 0.459 e. The summed E-state index contributed by atoms with van der Waals surface area (Å²) < 4.78 is 16.6. The summed E-state index contributed by atoms with van der Waals surface area (Å²) in [5.41, 5.74) is -7.92. The van der Waals surface area contributed by atoms with E-state index in [1.54, 1.807) is 47.6 Å². The van der Waals surface area contributed by atoms with Gasteiger partial charge in [0.25, 0.3) is 0 Å². The summed E-state index contributed by atoms with van der Waals surface area (Å²) in [6, 6.07) is 0. The Balaban J connectivity index is 1.56. The van der Waals surface area contributed by atoms with Gasteiger partial charge in [0.1, 0.15) is 41.4 Å². The molecule has 0 amide bonds. The lowest BCUT2D eigenvalue weighted by atomic mass is 9.38. The predicted octanol–water partition coefficient (Wildman–Crippen LogP) is 0.420. The fourth-order valence-corrected chi connectivity index (χ4v) is 10.4. The van der Waals surface area contributed by atoms with Crippen LogP contribution in [0.15, 0.2) is 35.6 Å². The minimum Gasteiger partial charge on any atom is -0.459 e. The molecule has 1 heterocycles. The summed E-state index contributed by atoms with van der Waals surface area (Å²) >= 11 is 0. The van der Waals surface area contributed by atoms with E-state index < -0.39 is 118 Å². The predicted molar refractivity (Wildman–Crippen MR) is 181 cm³/mol. The van der Waals surface area contributed by atoms with Gasteiger partial charge in [0, 0.05) is 36.5 Å². The Kier molecular flexibility index (Phi) is 10.0. The van der Waals surface area contributed by atoms with E-state index in [0.717, 1.165) is 6.08 Å². The quantitative estimate of drug-likeness (QED) is 0.102. The van der Waals surface area contributed by atoms with Gasteiger partial charge in [0.15, 0.2) is 11.5 Å². The number of carbonyl (C=O) groups excluding carboxylic acids is 4. The van der Waals surface area contributed by atoms with Crippen LogP contribution >= 0.6 is 0 Å². The van der Waals surface area contributed by atoms with E-state index in [2.05, 4.69) is 0 Å². The third kappa shape index (κ3) is 5.85. The van der Waals surface area contributed by atoms with E-state index >= 15 is 0 Å². The molecule has 0 aromatic heterocycles. The Morgan fingerprint density at radius 3 is 2.15 bits per heavy atom. The smallest absolute Gasteiger partial charge is 0.303 e. The molecule has 0 spiro atoms. The van der Waals surface area contributed by atoms with Gasteiger partial charge in [-0.05, 0) is 70.1 Å². The van der Waals surface area contributed by atoms with Crippen LogP contribution in [0.5, 0.6) is 0 Å². The first-order chi connectivity index (χ1) is 23.7. The molecule has 0 unspecified atom stereocenters. The second kappa shape index (κ2) is 12.9. The van der Waals surface area contributed by atoms with Gasteiger partial charge in [0.05, 0.1) is 24.2 Å². The van der Waals surface area contributed by atoms with Crippen LogP contribution in [-0.2, 0) is 33.4 Å². The number of rotatable bonds is 8. The molecule has 0 bridgehead atoms. The molecule has 4 aliphatic carbocycles. The number of ether oxygens (including phenoxy) is 3. The van der Waals surface area contributed by atoms with E-state index in [1.165, 1.54) is 26.0 Å². The summed E-state index contributed by atoms with van der Waals surface area (Å²) in [6.07, 6.45) is -5.45. The van der Waals surface area contributed by atoms with Gasteiger partial charge in [-0.2, -0.15) is 0 Å². The van der Waals surface area contributed by atoms with E-state index in [9.17, 15) is 54.9 Å². The monoisotopic (exact) mass is 734 g/mol. The van der Waals surface area contributed by atoms with Gasteiger partial charge in [-0.1, -0.05) is 32.4 Å². The number of esters is 1. The normalized spacial score (nSPS) is 44.2. The lowest BCUT2D eigenvalue weighted by Crippen LogP contribution is -2.67. The fourth-order valence-electron chi connectivity index (χ4n) is 10.4. The standard InChI is InChI=1S/C38H54O14/c1-17(40)52-33(2,3)11-10-24(43)38(9,49)30-21(42)14-35(6)29-20(41)12-18-19(37(29,8)25(44)15-36(30,35)7)13-22(31(48)34(18,4)5)50-32-28(47)27(46)26(45)23(16-39)51-32/h10-13,19-21,23,26-30,32,39,41-42,45-47,49H,14-16H2,1-9H3/b11-10+/t19-,20+,21-,23-,26-,27+,28-,29+,30+,32-,35+,36-,37-,38+/m1/s1. The second-order valence-electron chi connectivity index (χ2n) is 17.4. The fraction of sp³-hybridized carbons (Fsp3) is 0.737. The van der Waals surface area contributed by atoms with E-state index in [-0.39, 0.29) is 24.4 Å². The van der Waals surface area contributed by atoms with Crippen molar-refractivity contribution in [3.05, 3.63) is 35.6 Å². The summed E-state index contributed by atoms with van der Waals surface area (Å²) in [5, 5.41) is 76.6. The lowest BCUT2D eigenvalue weighted by molar-refractivity contribution is -0.291. The van der Waals surface area contributed by atoms with Gasteiger partial charge in [-0.25, -0.2) is 0 Å². The topological polar surface area (TPSA) is 238 Å². The molecule has 14 nitrogen and oxygen atoms in total. The zero-order chi connectivity index (χ0) is 39.3. The summed E-state index contributed by atoms with van der Waals surface area (Å²) in [5.74, 6) is -5.39. The van der Waals surface area contributed by atoms with Crippen molar-refractivity contribution in [3.8, 4) is 0 Å². The van der Waals surface area contributed by atoms with Gasteiger partial charge in [-0.3, -0.25) is 19.2 Å². The molecule has 7 N–H and O–H groups in total. The van der Waals surface area contributed by atoms with E-state index in [0.29, 0.717) is 5.57 Å². The van der Waals surface area contributed by atoms with Gasteiger partial charge < -0.3 is 50.0 Å². The maximum absolute atomic E-state index is 14.8. The molecule has 0 aromatic rings. The second-order valence-corrected chi connectivity index (χ2v) is 17.4. The highest BCUT2D eigenvalue weighted by atomic mass is 16.7. The van der Waals surface area contributed by atoms with Crippen molar-refractivity contribution < 1.29 is 69.1 Å². The number of hydrogen-bond acceptors (Lipinski definition) is 14. The number of fused-ring (bicyclic) bond motifs is 5. The highest BCUT2D eigenvalue weighted by molar-refractivity contribution is 6.02. The molecule has 5 rings (SSSR count). The Labute approximate surface area is 303 Å². The van der Waals surface area contributed by atoms with Crippen LogP contribution in [0.1, 0.15) is 75.2 Å². The van der Waals surface area contributed by atoms with E-state index in [1.807, 2.05) is 6.92 Å². The Bertz CT molecular complexity index is 1610. The third-order valence-corrected chi connectivity index (χ3v) is 13.2. The number of ketones is 3. The van der Waals surface area contributed by atoms with Crippen LogP contribution in [0.2, 0.25) is 0 Å². The molecule has 14 heteroatoms. The van der Waals surface area contributed by atoms with Crippen LogP contribution in [0.25, 0.3) is 0 Å². The molecule has 14 atom stereocenters. The first-order valence-corrected chi connectivity index (χ1v) is 17.7. The minimum atomic E-state index is -2.19. The van der Waals surface area contributed by atoms with Crippen LogP contribution in [0, 0.1) is 39.4 Å². The van der Waals surface area contributed by atoms with Gasteiger partial charge in [0.2, 0.25) is 12.1 Å². The molecule has 0 radical (unpaired) electrons. The summed E-state index contributed by atoms with van der Waals surface area (Å²) in [4.78, 5) is 53.9. The molecule has 5 aliphatic rings. The molecular formula is C38H54O14. The number of Topliss-reactive ketones (excluding diaryl/α,β-unsaturated/α-hetero) is 2. The molecular weight excluding hydrogens is 680 g/mol. The molecule has 2 saturated carbocycles. The van der Waals surface area contributed by atoms with Crippen LogP contribution in [-0.4, -0.2) is 120 Å². The first kappa shape index (κ1) is 40.4. The molecule has 1 saturated heterocycles. The summed E-state index contributed by atoms with van der Waals surface area (Å²) in [6.45, 7) is 13.4. The lowest BCUT2D eigenvalue weighted by Gasteiger charge is -2.64. The number of allylic oxidation sites excluding steroid dienone is 3. The van der Waals surface area contributed by atoms with Crippen molar-refractivity contribution in [1.82, 2.24) is 0 Å². The Hall–Kier alpha value is -2.82. The van der Waals surface area contributed by atoms with Gasteiger partial charge >= 0.3 is 5.97 Å². The van der Waals surface area contributed by atoms with Crippen LogP contribution in [0.3, 0.4) is 0 Å². The Morgan fingerprint density at radius 2 is 1.58 bits per heavy atom. The highest BCUT2D eigenvalue weighted by Gasteiger charge is 2.76. The first-order valence-electron chi connectivity index (χ1n) is 17.7. The van der Waals surface area contributed by atoms with E-state index in [4.69, 9.17) is 14.2 Å². The van der Waals surface area contributed by atoms with Crippen molar-refractivity contribution in [1.29, 1.82) is 0 Å². The van der Waals surface area contributed by atoms with Crippen molar-refractivity contribution in [3.63, 3.8) is 0 Å². The maximum Gasteiger partial charge on any atom is 0.303 e. The van der Waals surface area contributed by atoms with Crippen molar-refractivity contribution in [2.24, 2.45) is 39.4 Å². The minimum absolute atomic E-state index is 0.0149. The van der Waals surface area contributed by atoms with Crippen molar-refractivity contribution in [2.75, 3.05) is 6.61 Å². The number of carbonyl (C=O) groups is 4. The average Bonchev–Trinajstić information content (AvgIpc) is 3.23.